The van der Waals surface area contributed by atoms with Gasteiger partial charge in [0.15, 0.2) is 0 Å². The first-order valence-electron chi connectivity index (χ1n) is 5.73. The van der Waals surface area contributed by atoms with Crippen LogP contribution in [0.4, 0.5) is 5.69 Å². The van der Waals surface area contributed by atoms with Gasteiger partial charge in [-0.2, -0.15) is 5.26 Å². The summed E-state index contributed by atoms with van der Waals surface area (Å²) in [4.78, 5) is 0. The van der Waals surface area contributed by atoms with Crippen molar-refractivity contribution < 1.29 is 0 Å². The summed E-state index contributed by atoms with van der Waals surface area (Å²) in [5.41, 5.74) is 1.65. The summed E-state index contributed by atoms with van der Waals surface area (Å²) in [5.74, 6) is 0.908. The molecule has 16 heavy (non-hydrogen) atoms. The molecule has 0 unspecified atom stereocenters. The molecule has 1 aliphatic rings. The molecular formula is C13H15BrN2. The number of nitrogens with one attached hydrogen (secondary N) is 1. The summed E-state index contributed by atoms with van der Waals surface area (Å²) in [6.07, 6.45) is 5.37. The lowest BCUT2D eigenvalue weighted by Crippen LogP contribution is -2.15. The minimum Gasteiger partial charge on any atom is -0.384 e. The third-order valence-corrected chi connectivity index (χ3v) is 3.88. The third-order valence-electron chi connectivity index (χ3n) is 3.22. The van der Waals surface area contributed by atoms with E-state index in [2.05, 4.69) is 27.3 Å². The second-order valence-electron chi connectivity index (χ2n) is 4.29. The van der Waals surface area contributed by atoms with E-state index in [1.54, 1.807) is 0 Å². The van der Waals surface area contributed by atoms with Crippen LogP contribution in [-0.4, -0.2) is 6.54 Å². The standard InChI is InChI=1S/C13H15BrN2/c14-12-5-2-6-13(11(12)9-15)16-8-7-10-3-1-4-10/h2,5-6,10,16H,1,3-4,7-8H2. The normalized spacial score (nSPS) is 15.2. The number of rotatable bonds is 4. The second kappa shape index (κ2) is 5.36. The quantitative estimate of drug-likeness (QED) is 0.906. The van der Waals surface area contributed by atoms with E-state index in [1.165, 1.54) is 25.7 Å². The minimum absolute atomic E-state index is 0.705. The Hall–Kier alpha value is -1.01. The summed E-state index contributed by atoms with van der Waals surface area (Å²) in [6.45, 7) is 0.968. The lowest BCUT2D eigenvalue weighted by atomic mass is 9.83. The van der Waals surface area contributed by atoms with Gasteiger partial charge in [-0.25, -0.2) is 0 Å². The van der Waals surface area contributed by atoms with Crippen LogP contribution in [-0.2, 0) is 0 Å². The van der Waals surface area contributed by atoms with Crippen LogP contribution < -0.4 is 5.32 Å². The zero-order chi connectivity index (χ0) is 11.4. The summed E-state index contributed by atoms with van der Waals surface area (Å²) in [5, 5.41) is 12.4. The highest BCUT2D eigenvalue weighted by Crippen LogP contribution is 2.29. The molecule has 1 aromatic rings. The van der Waals surface area contributed by atoms with E-state index in [1.807, 2.05) is 18.2 Å². The predicted molar refractivity (Wildman–Crippen MR) is 69.3 cm³/mol. The Bertz CT molecular complexity index is 405. The molecule has 1 N–H and O–H groups in total. The van der Waals surface area contributed by atoms with Crippen molar-refractivity contribution >= 4 is 21.6 Å². The van der Waals surface area contributed by atoms with Crippen molar-refractivity contribution in [2.45, 2.75) is 25.7 Å². The molecule has 0 heterocycles. The first kappa shape index (κ1) is 11.5. The molecule has 0 atom stereocenters. The van der Waals surface area contributed by atoms with Gasteiger partial charge in [-0.05, 0) is 40.4 Å². The van der Waals surface area contributed by atoms with Crippen LogP contribution in [0.15, 0.2) is 22.7 Å². The monoisotopic (exact) mass is 278 g/mol. The van der Waals surface area contributed by atoms with Crippen molar-refractivity contribution in [1.82, 2.24) is 0 Å². The fourth-order valence-corrected chi connectivity index (χ4v) is 2.43. The van der Waals surface area contributed by atoms with Crippen LogP contribution in [0.1, 0.15) is 31.2 Å². The molecule has 0 bridgehead atoms. The van der Waals surface area contributed by atoms with E-state index in [-0.39, 0.29) is 0 Å². The molecule has 0 spiro atoms. The van der Waals surface area contributed by atoms with Crippen LogP contribution in [0.2, 0.25) is 0 Å². The Morgan fingerprint density at radius 3 is 2.88 bits per heavy atom. The molecule has 1 aliphatic carbocycles. The minimum atomic E-state index is 0.705. The van der Waals surface area contributed by atoms with Gasteiger partial charge in [-0.1, -0.05) is 25.3 Å². The summed E-state index contributed by atoms with van der Waals surface area (Å²) in [6, 6.07) is 8.04. The number of nitriles is 1. The molecule has 0 radical (unpaired) electrons. The predicted octanol–water partition coefficient (Wildman–Crippen LogP) is 3.92. The van der Waals surface area contributed by atoms with E-state index < -0.39 is 0 Å². The van der Waals surface area contributed by atoms with E-state index >= 15 is 0 Å². The highest BCUT2D eigenvalue weighted by atomic mass is 79.9. The highest BCUT2D eigenvalue weighted by molar-refractivity contribution is 9.10. The van der Waals surface area contributed by atoms with Crippen LogP contribution in [0, 0.1) is 17.2 Å². The van der Waals surface area contributed by atoms with Crippen LogP contribution in [0.25, 0.3) is 0 Å². The van der Waals surface area contributed by atoms with Crippen LogP contribution in [0.3, 0.4) is 0 Å². The summed E-state index contributed by atoms with van der Waals surface area (Å²) in [7, 11) is 0. The number of halogens is 1. The average molecular weight is 279 g/mol. The lowest BCUT2D eigenvalue weighted by Gasteiger charge is -2.25. The van der Waals surface area contributed by atoms with Gasteiger partial charge < -0.3 is 5.32 Å². The number of nitrogens with zero attached hydrogens (tertiary/aromatic N) is 1. The number of hydrogen-bond acceptors (Lipinski definition) is 2. The summed E-state index contributed by atoms with van der Waals surface area (Å²) < 4.78 is 0.864. The molecule has 0 amide bonds. The molecule has 1 fully saturated rings. The molecule has 2 rings (SSSR count). The molecule has 0 aliphatic heterocycles. The topological polar surface area (TPSA) is 35.8 Å². The lowest BCUT2D eigenvalue weighted by molar-refractivity contribution is 0.303. The van der Waals surface area contributed by atoms with Crippen molar-refractivity contribution in [3.8, 4) is 6.07 Å². The Balaban J connectivity index is 1.93. The average Bonchev–Trinajstić information content (AvgIpc) is 2.22. The fourth-order valence-electron chi connectivity index (χ4n) is 1.98. The smallest absolute Gasteiger partial charge is 0.103 e. The van der Waals surface area contributed by atoms with E-state index in [9.17, 15) is 0 Å². The largest absolute Gasteiger partial charge is 0.384 e. The summed E-state index contributed by atoms with van der Waals surface area (Å²) >= 11 is 3.39. The van der Waals surface area contributed by atoms with E-state index in [0.717, 1.165) is 22.6 Å². The van der Waals surface area contributed by atoms with Crippen LogP contribution in [0.5, 0.6) is 0 Å². The van der Waals surface area contributed by atoms with Crippen LogP contribution >= 0.6 is 15.9 Å². The van der Waals surface area contributed by atoms with Crippen molar-refractivity contribution in [1.29, 1.82) is 5.26 Å². The van der Waals surface area contributed by atoms with Gasteiger partial charge in [0.25, 0.3) is 0 Å². The molecule has 0 aromatic heterocycles. The molecule has 0 saturated heterocycles. The number of benzene rings is 1. The van der Waals surface area contributed by atoms with Crippen molar-refractivity contribution in [3.05, 3.63) is 28.2 Å². The Labute approximate surface area is 105 Å². The first-order chi connectivity index (χ1) is 7.81. The van der Waals surface area contributed by atoms with Crippen molar-refractivity contribution in [2.24, 2.45) is 5.92 Å². The third kappa shape index (κ3) is 2.56. The maximum atomic E-state index is 9.05. The van der Waals surface area contributed by atoms with E-state index in [4.69, 9.17) is 5.26 Å². The van der Waals surface area contributed by atoms with Gasteiger partial charge in [-0.3, -0.25) is 0 Å². The molecule has 84 valence electrons. The van der Waals surface area contributed by atoms with Gasteiger partial charge >= 0.3 is 0 Å². The van der Waals surface area contributed by atoms with Gasteiger partial charge in [0.2, 0.25) is 0 Å². The molecule has 1 aromatic carbocycles. The zero-order valence-corrected chi connectivity index (χ0v) is 10.8. The SMILES string of the molecule is N#Cc1c(Br)cccc1NCCC1CCC1. The second-order valence-corrected chi connectivity index (χ2v) is 5.14. The van der Waals surface area contributed by atoms with E-state index in [0.29, 0.717) is 5.56 Å². The number of anilines is 1. The Morgan fingerprint density at radius 1 is 1.44 bits per heavy atom. The van der Waals surface area contributed by atoms with Gasteiger partial charge in [0.05, 0.1) is 11.3 Å². The first-order valence-corrected chi connectivity index (χ1v) is 6.53. The number of hydrogen-bond donors (Lipinski definition) is 1. The van der Waals surface area contributed by atoms with Crippen molar-refractivity contribution in [2.75, 3.05) is 11.9 Å². The zero-order valence-electron chi connectivity index (χ0n) is 9.17. The Kier molecular flexibility index (Phi) is 3.84. The van der Waals surface area contributed by atoms with Crippen molar-refractivity contribution in [3.63, 3.8) is 0 Å². The van der Waals surface area contributed by atoms with Gasteiger partial charge in [-0.15, -0.1) is 0 Å². The maximum Gasteiger partial charge on any atom is 0.103 e. The molecular weight excluding hydrogens is 264 g/mol. The highest BCUT2D eigenvalue weighted by Gasteiger charge is 2.16. The molecule has 3 heteroatoms. The maximum absolute atomic E-state index is 9.05. The van der Waals surface area contributed by atoms with Gasteiger partial charge in [0, 0.05) is 11.0 Å². The fraction of sp³-hybridized carbons (Fsp3) is 0.462. The Morgan fingerprint density at radius 2 is 2.25 bits per heavy atom. The van der Waals surface area contributed by atoms with Gasteiger partial charge in [0.1, 0.15) is 6.07 Å². The molecule has 1 saturated carbocycles. The molecule has 2 nitrogen and oxygen atoms in total.